The summed E-state index contributed by atoms with van der Waals surface area (Å²) in [7, 11) is -3.19. The molecule has 1 fully saturated rings. The average molecular weight is 446 g/mol. The molecule has 7 nitrogen and oxygen atoms in total. The molecule has 1 saturated carbocycles. The number of carbonyl (C=O) groups excluding carboxylic acids is 1. The fourth-order valence-corrected chi connectivity index (χ4v) is 4.10. The topological polar surface area (TPSA) is 93.4 Å². The standard InChI is InChI=1S/C21H20ClN3O4S/c1-30(27,28)13-14-3-2-4-16(11-14)21(26)25(18-9-10-18)12-19-23-24-20(29-19)15-5-7-17(22)8-6-15/h2-8,11,18H,9-10,12-13H2,1H3. The molecule has 0 radical (unpaired) electrons. The molecule has 4 rings (SSSR count). The van der Waals surface area contributed by atoms with Gasteiger partial charge >= 0.3 is 0 Å². The molecule has 30 heavy (non-hydrogen) atoms. The van der Waals surface area contributed by atoms with Gasteiger partial charge in [0.2, 0.25) is 11.8 Å². The van der Waals surface area contributed by atoms with Gasteiger partial charge in [0, 0.05) is 28.4 Å². The van der Waals surface area contributed by atoms with Gasteiger partial charge < -0.3 is 9.32 Å². The van der Waals surface area contributed by atoms with Crippen molar-refractivity contribution < 1.29 is 17.6 Å². The number of hydrogen-bond acceptors (Lipinski definition) is 6. The minimum Gasteiger partial charge on any atom is -0.419 e. The molecular weight excluding hydrogens is 426 g/mol. The summed E-state index contributed by atoms with van der Waals surface area (Å²) in [4.78, 5) is 14.8. The highest BCUT2D eigenvalue weighted by Gasteiger charge is 2.34. The Labute approximate surface area is 179 Å². The zero-order valence-electron chi connectivity index (χ0n) is 16.3. The van der Waals surface area contributed by atoms with E-state index in [1.54, 1.807) is 53.4 Å². The Hall–Kier alpha value is -2.71. The summed E-state index contributed by atoms with van der Waals surface area (Å²) < 4.78 is 28.9. The predicted molar refractivity (Wildman–Crippen MR) is 113 cm³/mol. The van der Waals surface area contributed by atoms with Crippen LogP contribution in [0.15, 0.2) is 52.9 Å². The molecule has 0 atom stereocenters. The third-order valence-electron chi connectivity index (χ3n) is 4.71. The van der Waals surface area contributed by atoms with Gasteiger partial charge in [-0.1, -0.05) is 23.7 Å². The minimum absolute atomic E-state index is 0.105. The van der Waals surface area contributed by atoms with E-state index in [0.717, 1.165) is 18.4 Å². The minimum atomic E-state index is -3.19. The quantitative estimate of drug-likeness (QED) is 0.550. The van der Waals surface area contributed by atoms with Crippen molar-refractivity contribution in [1.29, 1.82) is 0 Å². The second-order valence-corrected chi connectivity index (χ2v) is 10.0. The second-order valence-electron chi connectivity index (χ2n) is 7.44. The molecule has 156 valence electrons. The molecule has 0 N–H and O–H groups in total. The summed E-state index contributed by atoms with van der Waals surface area (Å²) in [5, 5.41) is 8.77. The number of carbonyl (C=O) groups is 1. The number of aromatic nitrogens is 2. The molecule has 0 spiro atoms. The van der Waals surface area contributed by atoms with Crippen LogP contribution in [0.25, 0.3) is 11.5 Å². The lowest BCUT2D eigenvalue weighted by molar-refractivity contribution is 0.0714. The first-order valence-electron chi connectivity index (χ1n) is 9.44. The van der Waals surface area contributed by atoms with Crippen molar-refractivity contribution in [2.45, 2.75) is 31.2 Å². The van der Waals surface area contributed by atoms with E-state index in [1.165, 1.54) is 6.26 Å². The predicted octanol–water partition coefficient (Wildman–Crippen LogP) is 3.74. The molecule has 9 heteroatoms. The van der Waals surface area contributed by atoms with Crippen molar-refractivity contribution in [3.63, 3.8) is 0 Å². The molecule has 0 aliphatic heterocycles. The molecule has 2 aromatic carbocycles. The normalized spacial score (nSPS) is 13.9. The van der Waals surface area contributed by atoms with Gasteiger partial charge in [-0.2, -0.15) is 0 Å². The lowest BCUT2D eigenvalue weighted by Gasteiger charge is -2.21. The van der Waals surface area contributed by atoms with Gasteiger partial charge in [-0.25, -0.2) is 8.42 Å². The number of rotatable bonds is 7. The highest BCUT2D eigenvalue weighted by molar-refractivity contribution is 7.89. The maximum absolute atomic E-state index is 13.1. The van der Waals surface area contributed by atoms with Crippen LogP contribution in [0.1, 0.15) is 34.7 Å². The molecule has 0 bridgehead atoms. The molecule has 1 aliphatic carbocycles. The summed E-state index contributed by atoms with van der Waals surface area (Å²) in [6, 6.07) is 13.9. The Morgan fingerprint density at radius 1 is 1.17 bits per heavy atom. The first-order valence-corrected chi connectivity index (χ1v) is 11.9. The number of nitrogens with zero attached hydrogens (tertiary/aromatic N) is 3. The van der Waals surface area contributed by atoms with Crippen LogP contribution in [-0.4, -0.2) is 41.7 Å². The first-order chi connectivity index (χ1) is 14.3. The fraction of sp³-hybridized carbons (Fsp3) is 0.286. The van der Waals surface area contributed by atoms with Crippen molar-refractivity contribution in [1.82, 2.24) is 15.1 Å². The summed E-state index contributed by atoms with van der Waals surface area (Å²) in [6.07, 6.45) is 2.99. The largest absolute Gasteiger partial charge is 0.419 e. The summed E-state index contributed by atoms with van der Waals surface area (Å²) in [6.45, 7) is 0.195. The van der Waals surface area contributed by atoms with Gasteiger partial charge in [0.1, 0.15) is 0 Å². The maximum atomic E-state index is 13.1. The molecule has 3 aromatic rings. The Balaban J connectivity index is 1.53. The Bertz CT molecular complexity index is 1170. The number of benzene rings is 2. The maximum Gasteiger partial charge on any atom is 0.254 e. The first kappa shape index (κ1) is 20.6. The van der Waals surface area contributed by atoms with Crippen LogP contribution in [0.3, 0.4) is 0 Å². The summed E-state index contributed by atoms with van der Waals surface area (Å²) in [5.74, 6) is 0.415. The van der Waals surface area contributed by atoms with Crippen LogP contribution in [-0.2, 0) is 22.1 Å². The summed E-state index contributed by atoms with van der Waals surface area (Å²) in [5.41, 5.74) is 1.78. The zero-order chi connectivity index (χ0) is 21.3. The lowest BCUT2D eigenvalue weighted by Crippen LogP contribution is -2.32. The van der Waals surface area contributed by atoms with E-state index in [9.17, 15) is 13.2 Å². The highest BCUT2D eigenvalue weighted by Crippen LogP contribution is 2.30. The number of halogens is 1. The van der Waals surface area contributed by atoms with Crippen molar-refractivity contribution in [3.8, 4) is 11.5 Å². The third kappa shape index (κ3) is 5.06. The van der Waals surface area contributed by atoms with E-state index in [2.05, 4.69) is 10.2 Å². The van der Waals surface area contributed by atoms with E-state index in [4.69, 9.17) is 16.0 Å². The number of amides is 1. The Morgan fingerprint density at radius 2 is 1.90 bits per heavy atom. The molecule has 1 aromatic heterocycles. The highest BCUT2D eigenvalue weighted by atomic mass is 35.5. The molecular formula is C21H20ClN3O4S. The molecule has 1 amide bonds. The Kier molecular flexibility index (Phi) is 5.62. The van der Waals surface area contributed by atoms with E-state index in [-0.39, 0.29) is 24.2 Å². The summed E-state index contributed by atoms with van der Waals surface area (Å²) >= 11 is 5.91. The third-order valence-corrected chi connectivity index (χ3v) is 5.82. The van der Waals surface area contributed by atoms with Gasteiger partial charge in [0.05, 0.1) is 12.3 Å². The van der Waals surface area contributed by atoms with Crippen LogP contribution in [0.5, 0.6) is 0 Å². The van der Waals surface area contributed by atoms with Gasteiger partial charge in [-0.05, 0) is 54.8 Å². The zero-order valence-corrected chi connectivity index (χ0v) is 17.9. The van der Waals surface area contributed by atoms with Crippen molar-refractivity contribution in [3.05, 3.63) is 70.6 Å². The number of sulfone groups is 1. The lowest BCUT2D eigenvalue weighted by atomic mass is 10.1. The van der Waals surface area contributed by atoms with Crippen molar-refractivity contribution >= 4 is 27.3 Å². The molecule has 1 heterocycles. The molecule has 0 unspecified atom stereocenters. The number of hydrogen-bond donors (Lipinski definition) is 0. The van der Waals surface area contributed by atoms with Crippen LogP contribution >= 0.6 is 11.6 Å². The SMILES string of the molecule is CS(=O)(=O)Cc1cccc(C(=O)N(Cc2nnc(-c3ccc(Cl)cc3)o2)C2CC2)c1. The van der Waals surface area contributed by atoms with E-state index >= 15 is 0 Å². The Morgan fingerprint density at radius 3 is 2.57 bits per heavy atom. The van der Waals surface area contributed by atoms with Gasteiger partial charge in [0.25, 0.3) is 5.91 Å². The monoisotopic (exact) mass is 445 g/mol. The van der Waals surface area contributed by atoms with Crippen molar-refractivity contribution in [2.75, 3.05) is 6.26 Å². The average Bonchev–Trinajstić information content (AvgIpc) is 3.43. The van der Waals surface area contributed by atoms with E-state index in [0.29, 0.717) is 27.9 Å². The molecule has 1 aliphatic rings. The smallest absolute Gasteiger partial charge is 0.254 e. The van der Waals surface area contributed by atoms with Crippen LogP contribution in [0.4, 0.5) is 0 Å². The van der Waals surface area contributed by atoms with Crippen LogP contribution < -0.4 is 0 Å². The van der Waals surface area contributed by atoms with E-state index < -0.39 is 9.84 Å². The fourth-order valence-electron chi connectivity index (χ4n) is 3.19. The van der Waals surface area contributed by atoms with Gasteiger partial charge in [-0.15, -0.1) is 10.2 Å². The van der Waals surface area contributed by atoms with Gasteiger partial charge in [0.15, 0.2) is 9.84 Å². The molecule has 0 saturated heterocycles. The van der Waals surface area contributed by atoms with Gasteiger partial charge in [-0.3, -0.25) is 4.79 Å². The van der Waals surface area contributed by atoms with E-state index in [1.807, 2.05) is 0 Å². The van der Waals surface area contributed by atoms with Crippen LogP contribution in [0.2, 0.25) is 5.02 Å². The van der Waals surface area contributed by atoms with Crippen LogP contribution in [0, 0.1) is 0 Å². The van der Waals surface area contributed by atoms with Crippen molar-refractivity contribution in [2.24, 2.45) is 0 Å². The second kappa shape index (κ2) is 8.20.